The number of hydrogen-bond donors (Lipinski definition) is 3. The van der Waals surface area contributed by atoms with Gasteiger partial charge in [-0.05, 0) is 32.6 Å². The van der Waals surface area contributed by atoms with Crippen LogP contribution in [0.15, 0.2) is 0 Å². The van der Waals surface area contributed by atoms with Crippen molar-refractivity contribution >= 4 is 0 Å². The zero-order chi connectivity index (χ0) is 15.4. The van der Waals surface area contributed by atoms with Crippen LogP contribution in [-0.2, 0) is 4.74 Å². The topological polar surface area (TPSA) is 61.7 Å². The second kappa shape index (κ2) is 12.6. The molecule has 3 N–H and O–H groups in total. The molecule has 4 nitrogen and oxygen atoms in total. The van der Waals surface area contributed by atoms with Crippen LogP contribution in [0.2, 0.25) is 0 Å². The Morgan fingerprint density at radius 3 is 2.35 bits per heavy atom. The average molecular weight is 289 g/mol. The number of unbranched alkanes of at least 4 members (excludes halogenated alkanes) is 1. The Morgan fingerprint density at radius 2 is 1.80 bits per heavy atom. The summed E-state index contributed by atoms with van der Waals surface area (Å²) >= 11 is 0. The van der Waals surface area contributed by atoms with Crippen molar-refractivity contribution in [1.82, 2.24) is 5.32 Å². The molecule has 4 unspecified atom stereocenters. The van der Waals surface area contributed by atoms with E-state index in [1.807, 2.05) is 6.92 Å². The highest BCUT2D eigenvalue weighted by Crippen LogP contribution is 2.12. The van der Waals surface area contributed by atoms with Crippen LogP contribution >= 0.6 is 0 Å². The molecule has 122 valence electrons. The number of hydrogen-bond acceptors (Lipinski definition) is 4. The lowest BCUT2D eigenvalue weighted by atomic mass is 10.0. The van der Waals surface area contributed by atoms with Gasteiger partial charge >= 0.3 is 0 Å². The standard InChI is InChI=1S/C16H35NO3/c1-5-7-8-15(6-2)11-20-12-16(19)10-17-13(3)9-14(4)18/h13-19H,5-12H2,1-4H3. The van der Waals surface area contributed by atoms with E-state index in [4.69, 9.17) is 4.74 Å². The van der Waals surface area contributed by atoms with Gasteiger partial charge in [-0.3, -0.25) is 0 Å². The van der Waals surface area contributed by atoms with Crippen molar-refractivity contribution in [2.24, 2.45) is 5.92 Å². The van der Waals surface area contributed by atoms with Crippen molar-refractivity contribution in [3.8, 4) is 0 Å². The first-order valence-corrected chi connectivity index (χ1v) is 8.16. The molecule has 4 atom stereocenters. The molecule has 0 aliphatic carbocycles. The minimum Gasteiger partial charge on any atom is -0.393 e. The minimum atomic E-state index is -0.477. The largest absolute Gasteiger partial charge is 0.393 e. The van der Waals surface area contributed by atoms with Gasteiger partial charge in [-0.2, -0.15) is 0 Å². The molecule has 0 aliphatic heterocycles. The number of ether oxygens (including phenoxy) is 1. The fraction of sp³-hybridized carbons (Fsp3) is 1.00. The van der Waals surface area contributed by atoms with Gasteiger partial charge in [0.2, 0.25) is 0 Å². The van der Waals surface area contributed by atoms with Crippen LogP contribution in [0.3, 0.4) is 0 Å². The van der Waals surface area contributed by atoms with Gasteiger partial charge in [-0.15, -0.1) is 0 Å². The summed E-state index contributed by atoms with van der Waals surface area (Å²) in [6.07, 6.45) is 4.74. The molecule has 0 heterocycles. The Balaban J connectivity index is 3.63. The number of rotatable bonds is 13. The highest BCUT2D eigenvalue weighted by Gasteiger charge is 2.11. The Bertz CT molecular complexity index is 212. The molecule has 0 radical (unpaired) electrons. The SMILES string of the molecule is CCCCC(CC)COCC(O)CNC(C)CC(C)O. The summed E-state index contributed by atoms with van der Waals surface area (Å²) in [4.78, 5) is 0. The van der Waals surface area contributed by atoms with Gasteiger partial charge in [0, 0.05) is 19.2 Å². The highest BCUT2D eigenvalue weighted by molar-refractivity contribution is 4.67. The third-order valence-corrected chi connectivity index (χ3v) is 3.60. The van der Waals surface area contributed by atoms with Gasteiger partial charge in [0.1, 0.15) is 0 Å². The van der Waals surface area contributed by atoms with Crippen LogP contribution in [0.4, 0.5) is 0 Å². The van der Waals surface area contributed by atoms with Crippen molar-refractivity contribution in [3.63, 3.8) is 0 Å². The normalized spacial score (nSPS) is 17.7. The fourth-order valence-electron chi connectivity index (χ4n) is 2.26. The fourth-order valence-corrected chi connectivity index (χ4v) is 2.26. The van der Waals surface area contributed by atoms with Crippen molar-refractivity contribution in [2.75, 3.05) is 19.8 Å². The third-order valence-electron chi connectivity index (χ3n) is 3.60. The van der Waals surface area contributed by atoms with Crippen LogP contribution in [-0.4, -0.2) is 48.2 Å². The van der Waals surface area contributed by atoms with Gasteiger partial charge < -0.3 is 20.3 Å². The van der Waals surface area contributed by atoms with Crippen molar-refractivity contribution in [1.29, 1.82) is 0 Å². The Kier molecular flexibility index (Phi) is 12.5. The molecule has 0 saturated heterocycles. The van der Waals surface area contributed by atoms with Gasteiger partial charge in [-0.1, -0.05) is 33.1 Å². The van der Waals surface area contributed by atoms with E-state index >= 15 is 0 Å². The molecule has 0 fully saturated rings. The lowest BCUT2D eigenvalue weighted by Crippen LogP contribution is -2.37. The Morgan fingerprint density at radius 1 is 1.10 bits per heavy atom. The maximum atomic E-state index is 9.84. The summed E-state index contributed by atoms with van der Waals surface area (Å²) in [5.41, 5.74) is 0. The Labute approximate surface area is 124 Å². The first-order valence-electron chi connectivity index (χ1n) is 8.16. The molecule has 0 amide bonds. The monoisotopic (exact) mass is 289 g/mol. The number of aliphatic hydroxyl groups excluding tert-OH is 2. The quantitative estimate of drug-likeness (QED) is 0.487. The van der Waals surface area contributed by atoms with E-state index in [2.05, 4.69) is 19.2 Å². The van der Waals surface area contributed by atoms with E-state index in [1.165, 1.54) is 19.3 Å². The summed E-state index contributed by atoms with van der Waals surface area (Å²) in [6.45, 7) is 9.83. The van der Waals surface area contributed by atoms with Crippen LogP contribution < -0.4 is 5.32 Å². The molecular weight excluding hydrogens is 254 g/mol. The second-order valence-electron chi connectivity index (χ2n) is 6.00. The van der Waals surface area contributed by atoms with Crippen molar-refractivity contribution in [3.05, 3.63) is 0 Å². The van der Waals surface area contributed by atoms with Gasteiger partial charge in [0.05, 0.1) is 18.8 Å². The van der Waals surface area contributed by atoms with E-state index in [9.17, 15) is 10.2 Å². The van der Waals surface area contributed by atoms with Crippen LogP contribution in [0.25, 0.3) is 0 Å². The van der Waals surface area contributed by atoms with E-state index in [-0.39, 0.29) is 12.1 Å². The Hall–Kier alpha value is -0.160. The van der Waals surface area contributed by atoms with E-state index < -0.39 is 6.10 Å². The summed E-state index contributed by atoms with van der Waals surface area (Å²) in [5.74, 6) is 0.615. The molecule has 0 rings (SSSR count). The number of aliphatic hydroxyl groups is 2. The lowest BCUT2D eigenvalue weighted by molar-refractivity contribution is 0.0178. The van der Waals surface area contributed by atoms with E-state index in [1.54, 1.807) is 6.92 Å². The molecule has 0 aliphatic rings. The molecular formula is C16H35NO3. The molecule has 20 heavy (non-hydrogen) atoms. The van der Waals surface area contributed by atoms with Crippen molar-refractivity contribution < 1.29 is 14.9 Å². The van der Waals surface area contributed by atoms with Crippen LogP contribution in [0.5, 0.6) is 0 Å². The van der Waals surface area contributed by atoms with E-state index in [0.29, 0.717) is 25.5 Å². The highest BCUT2D eigenvalue weighted by atomic mass is 16.5. The molecule has 0 aromatic heterocycles. The van der Waals surface area contributed by atoms with Gasteiger partial charge in [0.15, 0.2) is 0 Å². The molecule has 0 saturated carbocycles. The summed E-state index contributed by atoms with van der Waals surface area (Å²) in [5, 5.41) is 22.3. The smallest absolute Gasteiger partial charge is 0.0897 e. The zero-order valence-corrected chi connectivity index (χ0v) is 13.8. The molecule has 0 aromatic carbocycles. The molecule has 0 bridgehead atoms. The van der Waals surface area contributed by atoms with E-state index in [0.717, 1.165) is 13.0 Å². The molecule has 0 spiro atoms. The summed E-state index contributed by atoms with van der Waals surface area (Å²) in [7, 11) is 0. The summed E-state index contributed by atoms with van der Waals surface area (Å²) in [6, 6.07) is 0.206. The zero-order valence-electron chi connectivity index (χ0n) is 13.8. The minimum absolute atomic E-state index is 0.206. The third kappa shape index (κ3) is 11.6. The first-order chi connectivity index (χ1) is 9.49. The summed E-state index contributed by atoms with van der Waals surface area (Å²) < 4.78 is 5.62. The van der Waals surface area contributed by atoms with Gasteiger partial charge in [-0.25, -0.2) is 0 Å². The maximum Gasteiger partial charge on any atom is 0.0897 e. The average Bonchev–Trinajstić information content (AvgIpc) is 2.39. The molecule has 4 heteroatoms. The van der Waals surface area contributed by atoms with Gasteiger partial charge in [0.25, 0.3) is 0 Å². The lowest BCUT2D eigenvalue weighted by Gasteiger charge is -2.19. The molecule has 0 aromatic rings. The predicted molar refractivity (Wildman–Crippen MR) is 83.9 cm³/mol. The van der Waals surface area contributed by atoms with Crippen LogP contribution in [0, 0.1) is 5.92 Å². The van der Waals surface area contributed by atoms with Crippen molar-refractivity contribution in [2.45, 2.75) is 78.0 Å². The first kappa shape index (κ1) is 19.8. The second-order valence-corrected chi connectivity index (χ2v) is 6.00. The maximum absolute atomic E-state index is 9.84. The predicted octanol–water partition coefficient (Wildman–Crippen LogP) is 2.33. The number of nitrogens with one attached hydrogen (secondary N) is 1. The van der Waals surface area contributed by atoms with Crippen LogP contribution in [0.1, 0.15) is 59.8 Å².